The van der Waals surface area contributed by atoms with Crippen LogP contribution in [0, 0.1) is 13.8 Å². The van der Waals surface area contributed by atoms with Crippen molar-refractivity contribution >= 4 is 28.8 Å². The average molecular weight is 357 g/mol. The predicted molar refractivity (Wildman–Crippen MR) is 96.8 cm³/mol. The summed E-state index contributed by atoms with van der Waals surface area (Å²) in [5.74, 6) is 0.913. The maximum Gasteiger partial charge on any atom is 0.258 e. The van der Waals surface area contributed by atoms with E-state index in [9.17, 15) is 4.79 Å². The van der Waals surface area contributed by atoms with Gasteiger partial charge in [0.15, 0.2) is 6.61 Å². The van der Waals surface area contributed by atoms with Crippen LogP contribution in [0.5, 0.6) is 5.88 Å². The quantitative estimate of drug-likeness (QED) is 0.682. The number of amides is 1. The number of thioether (sulfide) groups is 1. The zero-order chi connectivity index (χ0) is 17.8. The van der Waals surface area contributed by atoms with E-state index >= 15 is 0 Å². The molecule has 1 aromatic carbocycles. The van der Waals surface area contributed by atoms with Crippen LogP contribution in [0.15, 0.2) is 39.9 Å². The van der Waals surface area contributed by atoms with Crippen molar-refractivity contribution in [1.29, 1.82) is 0 Å². The lowest BCUT2D eigenvalue weighted by Crippen LogP contribution is -2.28. The number of fused-ring (bicyclic) bond motifs is 1. The van der Waals surface area contributed by atoms with Crippen molar-refractivity contribution in [1.82, 2.24) is 15.3 Å². The number of benzene rings is 1. The van der Waals surface area contributed by atoms with Crippen molar-refractivity contribution in [2.24, 2.45) is 0 Å². The standard InChI is InChI=1S/C18H19N3O3S/c1-11-12(2)24-18-16(11)17(20-10-21-18)23-9-15(22)19-8-13-4-6-14(25-3)7-5-13/h4-7,10H,8-9H2,1-3H3,(H,19,22). The van der Waals surface area contributed by atoms with Gasteiger partial charge >= 0.3 is 0 Å². The van der Waals surface area contributed by atoms with Gasteiger partial charge in [0, 0.05) is 17.0 Å². The van der Waals surface area contributed by atoms with Crippen molar-refractivity contribution < 1.29 is 13.9 Å². The van der Waals surface area contributed by atoms with E-state index in [1.165, 1.54) is 11.2 Å². The minimum Gasteiger partial charge on any atom is -0.467 e. The molecule has 1 N–H and O–H groups in total. The Morgan fingerprint density at radius 1 is 1.24 bits per heavy atom. The van der Waals surface area contributed by atoms with Crippen LogP contribution in [-0.2, 0) is 11.3 Å². The Morgan fingerprint density at radius 3 is 2.72 bits per heavy atom. The van der Waals surface area contributed by atoms with Gasteiger partial charge in [0.25, 0.3) is 5.91 Å². The van der Waals surface area contributed by atoms with E-state index < -0.39 is 0 Å². The van der Waals surface area contributed by atoms with Crippen LogP contribution in [0.1, 0.15) is 16.9 Å². The summed E-state index contributed by atoms with van der Waals surface area (Å²) in [7, 11) is 0. The lowest BCUT2D eigenvalue weighted by Gasteiger charge is -2.08. The van der Waals surface area contributed by atoms with Crippen LogP contribution >= 0.6 is 11.8 Å². The molecular weight excluding hydrogens is 338 g/mol. The Hall–Kier alpha value is -2.54. The molecule has 130 valence electrons. The number of hydrogen-bond donors (Lipinski definition) is 1. The first kappa shape index (κ1) is 17.3. The highest BCUT2D eigenvalue weighted by molar-refractivity contribution is 7.98. The fourth-order valence-corrected chi connectivity index (χ4v) is 2.80. The highest BCUT2D eigenvalue weighted by atomic mass is 32.2. The molecule has 0 radical (unpaired) electrons. The van der Waals surface area contributed by atoms with Gasteiger partial charge in [0.1, 0.15) is 17.5 Å². The van der Waals surface area contributed by atoms with Crippen molar-refractivity contribution in [2.45, 2.75) is 25.3 Å². The molecule has 0 fully saturated rings. The summed E-state index contributed by atoms with van der Waals surface area (Å²) in [6.45, 7) is 4.12. The number of furan rings is 1. The highest BCUT2D eigenvalue weighted by Gasteiger charge is 2.15. The number of aryl methyl sites for hydroxylation is 2. The van der Waals surface area contributed by atoms with E-state index in [4.69, 9.17) is 9.15 Å². The summed E-state index contributed by atoms with van der Waals surface area (Å²) in [5.41, 5.74) is 2.42. The van der Waals surface area contributed by atoms with Gasteiger partial charge in [0.2, 0.25) is 11.6 Å². The number of nitrogens with zero attached hydrogens (tertiary/aromatic N) is 2. The molecule has 0 atom stereocenters. The zero-order valence-electron chi connectivity index (χ0n) is 14.3. The Labute approximate surface area is 150 Å². The minimum absolute atomic E-state index is 0.112. The third-order valence-electron chi connectivity index (χ3n) is 3.92. The Kier molecular flexibility index (Phi) is 5.23. The van der Waals surface area contributed by atoms with Crippen LogP contribution < -0.4 is 10.1 Å². The molecule has 2 aromatic heterocycles. The monoisotopic (exact) mass is 357 g/mol. The largest absolute Gasteiger partial charge is 0.467 e. The number of aromatic nitrogens is 2. The number of carbonyl (C=O) groups is 1. The number of ether oxygens (including phenoxy) is 1. The second-order valence-electron chi connectivity index (χ2n) is 5.56. The molecule has 3 aromatic rings. The Bertz CT molecular complexity index is 890. The summed E-state index contributed by atoms with van der Waals surface area (Å²) in [4.78, 5) is 21.4. The van der Waals surface area contributed by atoms with Crippen LogP contribution in [0.4, 0.5) is 0 Å². The van der Waals surface area contributed by atoms with Gasteiger partial charge in [-0.2, -0.15) is 0 Å². The van der Waals surface area contributed by atoms with Gasteiger partial charge in [-0.05, 0) is 37.8 Å². The van der Waals surface area contributed by atoms with Crippen LogP contribution in [-0.4, -0.2) is 28.7 Å². The topological polar surface area (TPSA) is 77.2 Å². The zero-order valence-corrected chi connectivity index (χ0v) is 15.1. The second-order valence-corrected chi connectivity index (χ2v) is 6.44. The van der Waals surface area contributed by atoms with E-state index in [2.05, 4.69) is 15.3 Å². The average Bonchev–Trinajstić information content (AvgIpc) is 2.93. The van der Waals surface area contributed by atoms with Gasteiger partial charge in [-0.3, -0.25) is 4.79 Å². The highest BCUT2D eigenvalue weighted by Crippen LogP contribution is 2.29. The van der Waals surface area contributed by atoms with E-state index in [1.807, 2.05) is 44.4 Å². The lowest BCUT2D eigenvalue weighted by molar-refractivity contribution is -0.123. The van der Waals surface area contributed by atoms with Crippen molar-refractivity contribution in [3.8, 4) is 5.88 Å². The fourth-order valence-electron chi connectivity index (χ4n) is 2.39. The summed E-state index contributed by atoms with van der Waals surface area (Å²) < 4.78 is 11.1. The number of nitrogens with one attached hydrogen (secondary N) is 1. The molecule has 3 rings (SSSR count). The third kappa shape index (κ3) is 3.93. The molecule has 0 saturated heterocycles. The molecule has 7 heteroatoms. The number of carbonyl (C=O) groups excluding carboxylic acids is 1. The molecule has 0 aliphatic heterocycles. The van der Waals surface area contributed by atoms with Gasteiger partial charge in [-0.15, -0.1) is 11.8 Å². The van der Waals surface area contributed by atoms with Crippen LogP contribution in [0.25, 0.3) is 11.1 Å². The van der Waals surface area contributed by atoms with Crippen molar-refractivity contribution in [2.75, 3.05) is 12.9 Å². The molecule has 6 nitrogen and oxygen atoms in total. The lowest BCUT2D eigenvalue weighted by atomic mass is 10.2. The number of hydrogen-bond acceptors (Lipinski definition) is 6. The molecular formula is C18H19N3O3S. The Balaban J connectivity index is 1.59. The van der Waals surface area contributed by atoms with Gasteiger partial charge in [0.05, 0.1) is 0 Å². The van der Waals surface area contributed by atoms with Crippen LogP contribution in [0.2, 0.25) is 0 Å². The first-order chi connectivity index (χ1) is 12.1. The third-order valence-corrected chi connectivity index (χ3v) is 4.66. The Morgan fingerprint density at radius 2 is 2.00 bits per heavy atom. The predicted octanol–water partition coefficient (Wildman–Crippen LogP) is 3.26. The smallest absolute Gasteiger partial charge is 0.258 e. The van der Waals surface area contributed by atoms with E-state index in [1.54, 1.807) is 11.8 Å². The summed E-state index contributed by atoms with van der Waals surface area (Å²) in [6, 6.07) is 8.06. The van der Waals surface area contributed by atoms with Gasteiger partial charge in [-0.25, -0.2) is 9.97 Å². The molecule has 0 aliphatic carbocycles. The first-order valence-electron chi connectivity index (χ1n) is 7.81. The number of rotatable bonds is 6. The molecule has 1 amide bonds. The van der Waals surface area contributed by atoms with E-state index in [0.717, 1.165) is 16.9 Å². The molecule has 0 spiro atoms. The maximum atomic E-state index is 12.0. The van der Waals surface area contributed by atoms with E-state index in [0.29, 0.717) is 23.5 Å². The SMILES string of the molecule is CSc1ccc(CNC(=O)COc2ncnc3oc(C)c(C)c23)cc1. The molecule has 0 saturated carbocycles. The van der Waals surface area contributed by atoms with Crippen molar-refractivity contribution in [3.05, 3.63) is 47.5 Å². The first-order valence-corrected chi connectivity index (χ1v) is 9.04. The van der Waals surface area contributed by atoms with Crippen molar-refractivity contribution in [3.63, 3.8) is 0 Å². The summed E-state index contributed by atoms with van der Waals surface area (Å²) in [6.07, 6.45) is 3.40. The summed E-state index contributed by atoms with van der Waals surface area (Å²) >= 11 is 1.68. The molecule has 0 unspecified atom stereocenters. The molecule has 2 heterocycles. The van der Waals surface area contributed by atoms with E-state index in [-0.39, 0.29) is 12.5 Å². The molecule has 0 aliphatic rings. The second kappa shape index (κ2) is 7.57. The molecule has 25 heavy (non-hydrogen) atoms. The maximum absolute atomic E-state index is 12.0. The van der Waals surface area contributed by atoms with Crippen LogP contribution in [0.3, 0.4) is 0 Å². The van der Waals surface area contributed by atoms with Gasteiger partial charge in [-0.1, -0.05) is 12.1 Å². The van der Waals surface area contributed by atoms with Gasteiger partial charge < -0.3 is 14.5 Å². The summed E-state index contributed by atoms with van der Waals surface area (Å²) in [5, 5.41) is 3.55. The minimum atomic E-state index is -0.210. The normalized spacial score (nSPS) is 10.8. The fraction of sp³-hybridized carbons (Fsp3) is 0.278. The molecule has 0 bridgehead atoms.